The molecule has 1 aromatic carbocycles. The minimum Gasteiger partial charge on any atom is -0.351 e. The summed E-state index contributed by atoms with van der Waals surface area (Å²) in [6, 6.07) is 3.79. The van der Waals surface area contributed by atoms with Gasteiger partial charge in [0.05, 0.1) is 5.71 Å². The molecule has 0 radical (unpaired) electrons. The molecule has 3 aliphatic heterocycles. The van der Waals surface area contributed by atoms with Gasteiger partial charge < -0.3 is 15.5 Å². The molecule has 0 aromatic heterocycles. The SMILES string of the molecule is NC(=O)N1CCC(CC(=O)N2CCC(C3C4=NC=C(Br)CC=C4CCCc4cc(Cl)cc(Br)c43)CC2)CC1. The molecular formula is C29H35Br2ClN4O2. The van der Waals surface area contributed by atoms with Gasteiger partial charge in [-0.3, -0.25) is 9.79 Å². The largest absolute Gasteiger partial charge is 0.351 e. The number of aryl methyl sites for hydroxylation is 1. The molecule has 204 valence electrons. The smallest absolute Gasteiger partial charge is 0.314 e. The number of allylic oxidation sites excluding steroid dienone is 3. The highest BCUT2D eigenvalue weighted by atomic mass is 79.9. The van der Waals surface area contributed by atoms with E-state index < -0.39 is 0 Å². The number of carbonyl (C=O) groups excluding carboxylic acids is 2. The number of hydrogen-bond acceptors (Lipinski definition) is 3. The molecule has 3 heterocycles. The second-order valence-corrected chi connectivity index (χ2v) is 13.3. The fourth-order valence-electron chi connectivity index (χ4n) is 6.58. The Bertz CT molecular complexity index is 1180. The fourth-order valence-corrected chi connectivity index (χ4v) is 7.97. The number of amides is 3. The molecule has 1 unspecified atom stereocenters. The van der Waals surface area contributed by atoms with Crippen molar-refractivity contribution in [1.29, 1.82) is 0 Å². The quantitative estimate of drug-likeness (QED) is 0.379. The van der Waals surface area contributed by atoms with Crippen molar-refractivity contribution >= 4 is 61.1 Å². The average molecular weight is 667 g/mol. The zero-order valence-corrected chi connectivity index (χ0v) is 25.5. The Morgan fingerprint density at radius 3 is 2.45 bits per heavy atom. The predicted molar refractivity (Wildman–Crippen MR) is 160 cm³/mol. The number of rotatable bonds is 3. The van der Waals surface area contributed by atoms with Gasteiger partial charge in [-0.2, -0.15) is 0 Å². The van der Waals surface area contributed by atoms with Crippen molar-refractivity contribution < 1.29 is 9.59 Å². The molecule has 4 aliphatic rings. The highest BCUT2D eigenvalue weighted by Crippen LogP contribution is 2.45. The number of likely N-dealkylation sites (tertiary alicyclic amines) is 2. The third-order valence-electron chi connectivity index (χ3n) is 8.65. The standard InChI is InChI=1S/C29H35Br2ClN4O2/c30-22-5-4-20-2-1-3-21-15-23(32)16-24(31)26(21)27(28(20)34-17-22)19-8-12-35(13-9-19)25(37)14-18-6-10-36(11-7-18)29(33)38/h4,15-19,27H,1-3,5-14H2,(H2,33,38). The van der Waals surface area contributed by atoms with Gasteiger partial charge in [-0.25, -0.2) is 4.79 Å². The van der Waals surface area contributed by atoms with Gasteiger partial charge in [0.1, 0.15) is 0 Å². The number of carbonyl (C=O) groups is 2. The van der Waals surface area contributed by atoms with E-state index in [1.807, 2.05) is 12.3 Å². The summed E-state index contributed by atoms with van der Waals surface area (Å²) in [6.07, 6.45) is 12.4. The molecule has 2 N–H and O–H groups in total. The van der Waals surface area contributed by atoms with E-state index in [1.54, 1.807) is 4.90 Å². The van der Waals surface area contributed by atoms with E-state index in [9.17, 15) is 9.59 Å². The zero-order valence-electron chi connectivity index (χ0n) is 21.6. The van der Waals surface area contributed by atoms with Crippen molar-refractivity contribution in [2.24, 2.45) is 22.6 Å². The molecule has 0 bridgehead atoms. The molecule has 5 rings (SSSR count). The molecule has 0 saturated carbocycles. The van der Waals surface area contributed by atoms with Crippen LogP contribution in [0.4, 0.5) is 4.79 Å². The van der Waals surface area contributed by atoms with Crippen molar-refractivity contribution in [3.8, 4) is 0 Å². The number of piperidine rings is 2. The first-order chi connectivity index (χ1) is 18.3. The fraction of sp³-hybridized carbons (Fsp3) is 0.552. The lowest BCUT2D eigenvalue weighted by atomic mass is 9.71. The van der Waals surface area contributed by atoms with Crippen LogP contribution >= 0.6 is 43.5 Å². The minimum atomic E-state index is -0.360. The highest BCUT2D eigenvalue weighted by Gasteiger charge is 2.37. The van der Waals surface area contributed by atoms with E-state index in [4.69, 9.17) is 22.3 Å². The Balaban J connectivity index is 1.34. The molecule has 9 heteroatoms. The number of primary amides is 1. The third-order valence-corrected chi connectivity index (χ3v) is 10.1. The van der Waals surface area contributed by atoms with Gasteiger partial charge in [-0.1, -0.05) is 49.5 Å². The summed E-state index contributed by atoms with van der Waals surface area (Å²) in [4.78, 5) is 33.4. The number of fused-ring (bicyclic) bond motifs is 2. The lowest BCUT2D eigenvalue weighted by molar-refractivity contribution is -0.133. The second-order valence-electron chi connectivity index (χ2n) is 11.0. The van der Waals surface area contributed by atoms with Crippen LogP contribution in [-0.4, -0.2) is 53.6 Å². The van der Waals surface area contributed by atoms with E-state index in [0.29, 0.717) is 31.3 Å². The first-order valence-corrected chi connectivity index (χ1v) is 15.7. The normalized spacial score (nSPS) is 23.2. The maximum atomic E-state index is 13.2. The van der Waals surface area contributed by atoms with E-state index in [0.717, 1.165) is 78.4 Å². The van der Waals surface area contributed by atoms with E-state index in [2.05, 4.69) is 48.9 Å². The van der Waals surface area contributed by atoms with Crippen LogP contribution in [0.1, 0.15) is 68.4 Å². The molecule has 3 amide bonds. The van der Waals surface area contributed by atoms with Crippen LogP contribution in [0.2, 0.25) is 5.02 Å². The van der Waals surface area contributed by atoms with Crippen LogP contribution in [-0.2, 0) is 11.2 Å². The van der Waals surface area contributed by atoms with Gasteiger partial charge in [-0.05, 0) is 92.0 Å². The van der Waals surface area contributed by atoms with Crippen LogP contribution in [0, 0.1) is 11.8 Å². The van der Waals surface area contributed by atoms with Crippen LogP contribution in [0.5, 0.6) is 0 Å². The molecule has 1 atom stereocenters. The van der Waals surface area contributed by atoms with Crippen LogP contribution in [0.25, 0.3) is 0 Å². The van der Waals surface area contributed by atoms with Crippen molar-refractivity contribution in [3.63, 3.8) is 0 Å². The molecular weight excluding hydrogens is 632 g/mol. The second kappa shape index (κ2) is 12.3. The zero-order chi connectivity index (χ0) is 26.8. The van der Waals surface area contributed by atoms with Gasteiger partial charge in [-0.15, -0.1) is 0 Å². The van der Waals surface area contributed by atoms with Gasteiger partial charge >= 0.3 is 6.03 Å². The van der Waals surface area contributed by atoms with Crippen LogP contribution in [0.3, 0.4) is 0 Å². The number of halogens is 3. The Hall–Kier alpha value is -1.64. The van der Waals surface area contributed by atoms with E-state index in [-0.39, 0.29) is 17.9 Å². The Labute approximate surface area is 247 Å². The molecule has 1 aromatic rings. The van der Waals surface area contributed by atoms with E-state index >= 15 is 0 Å². The summed E-state index contributed by atoms with van der Waals surface area (Å²) in [7, 11) is 0. The van der Waals surface area contributed by atoms with Gasteiger partial charge in [0.2, 0.25) is 5.91 Å². The lowest BCUT2D eigenvalue weighted by Gasteiger charge is -2.39. The number of nitrogens with two attached hydrogens (primary N) is 1. The molecule has 38 heavy (non-hydrogen) atoms. The first-order valence-electron chi connectivity index (χ1n) is 13.7. The summed E-state index contributed by atoms with van der Waals surface area (Å²) < 4.78 is 2.16. The Morgan fingerprint density at radius 1 is 1.03 bits per heavy atom. The Morgan fingerprint density at radius 2 is 1.74 bits per heavy atom. The van der Waals surface area contributed by atoms with Crippen LogP contribution < -0.4 is 5.73 Å². The van der Waals surface area contributed by atoms with Gasteiger partial charge in [0.15, 0.2) is 0 Å². The number of benzene rings is 1. The summed E-state index contributed by atoms with van der Waals surface area (Å²) in [6.45, 7) is 2.84. The minimum absolute atomic E-state index is 0.160. The van der Waals surface area contributed by atoms with E-state index in [1.165, 1.54) is 22.4 Å². The molecule has 6 nitrogen and oxygen atoms in total. The Kier molecular flexibility index (Phi) is 9.00. The van der Waals surface area contributed by atoms with Crippen molar-refractivity contribution in [2.45, 2.75) is 63.7 Å². The monoisotopic (exact) mass is 664 g/mol. The summed E-state index contributed by atoms with van der Waals surface area (Å²) in [5, 5.41) is 0.762. The average Bonchev–Trinajstić information content (AvgIpc) is 3.06. The topological polar surface area (TPSA) is 79.0 Å². The number of hydrogen-bond donors (Lipinski definition) is 1. The van der Waals surface area contributed by atoms with Crippen molar-refractivity contribution in [1.82, 2.24) is 9.80 Å². The number of nitrogens with zero attached hydrogens (tertiary/aromatic N) is 3. The highest BCUT2D eigenvalue weighted by molar-refractivity contribution is 9.11. The first kappa shape index (κ1) is 27.9. The molecule has 0 spiro atoms. The van der Waals surface area contributed by atoms with Gasteiger partial charge in [0.25, 0.3) is 0 Å². The van der Waals surface area contributed by atoms with Crippen molar-refractivity contribution in [3.05, 3.63) is 55.1 Å². The van der Waals surface area contributed by atoms with Gasteiger partial charge in [0, 0.05) is 58.7 Å². The maximum absolute atomic E-state index is 13.2. The maximum Gasteiger partial charge on any atom is 0.314 e. The molecule has 2 saturated heterocycles. The molecule has 1 aliphatic carbocycles. The predicted octanol–water partition coefficient (Wildman–Crippen LogP) is 6.95. The molecule has 2 fully saturated rings. The summed E-state index contributed by atoms with van der Waals surface area (Å²) in [5.74, 6) is 1.12. The number of urea groups is 1. The van der Waals surface area contributed by atoms with Crippen LogP contribution in [0.15, 0.2) is 43.9 Å². The summed E-state index contributed by atoms with van der Waals surface area (Å²) in [5.41, 5.74) is 10.6. The summed E-state index contributed by atoms with van der Waals surface area (Å²) >= 11 is 14.0. The van der Waals surface area contributed by atoms with Crippen molar-refractivity contribution in [2.75, 3.05) is 26.2 Å². The third kappa shape index (κ3) is 6.23. The number of aliphatic imine (C=N–C) groups is 1. The lowest BCUT2D eigenvalue weighted by Crippen LogP contribution is -2.44.